The number of hydrogen-bond donors (Lipinski definition) is 1. The first-order chi connectivity index (χ1) is 9.12. The lowest BCUT2D eigenvalue weighted by Gasteiger charge is -2.44. The molecule has 1 aliphatic carbocycles. The molecular weight excluding hydrogens is 238 g/mol. The van der Waals surface area contributed by atoms with Gasteiger partial charge in [-0.25, -0.2) is 0 Å². The van der Waals surface area contributed by atoms with Gasteiger partial charge in [0.25, 0.3) is 0 Å². The number of nitrogens with zero attached hydrogens (tertiary/aromatic N) is 2. The molecule has 4 heteroatoms. The quantitative estimate of drug-likeness (QED) is 0.773. The molecule has 0 spiro atoms. The molecule has 1 saturated heterocycles. The van der Waals surface area contributed by atoms with Crippen LogP contribution in [0.25, 0.3) is 0 Å². The van der Waals surface area contributed by atoms with Gasteiger partial charge in [-0.2, -0.15) is 5.26 Å². The zero-order chi connectivity index (χ0) is 13.7. The summed E-state index contributed by atoms with van der Waals surface area (Å²) in [6, 6.07) is 2.81. The third-order valence-corrected chi connectivity index (χ3v) is 4.49. The summed E-state index contributed by atoms with van der Waals surface area (Å²) >= 11 is 0. The van der Waals surface area contributed by atoms with Crippen LogP contribution in [0.4, 0.5) is 0 Å². The van der Waals surface area contributed by atoms with Gasteiger partial charge in [0.1, 0.15) is 5.54 Å². The van der Waals surface area contributed by atoms with E-state index in [2.05, 4.69) is 11.0 Å². The molecule has 3 atom stereocenters. The van der Waals surface area contributed by atoms with Crippen molar-refractivity contribution in [3.05, 3.63) is 0 Å². The van der Waals surface area contributed by atoms with Crippen molar-refractivity contribution in [2.75, 3.05) is 19.7 Å². The highest BCUT2D eigenvalue weighted by Gasteiger charge is 2.33. The van der Waals surface area contributed by atoms with E-state index in [-0.39, 0.29) is 0 Å². The smallest absolute Gasteiger partial charge is 0.101 e. The fourth-order valence-electron chi connectivity index (χ4n) is 3.32. The molecule has 108 valence electrons. The molecule has 0 aromatic heterocycles. The van der Waals surface area contributed by atoms with E-state index in [1.54, 1.807) is 0 Å². The van der Waals surface area contributed by atoms with Crippen molar-refractivity contribution in [2.24, 2.45) is 5.73 Å². The molecule has 3 unspecified atom stereocenters. The predicted octanol–water partition coefficient (Wildman–Crippen LogP) is 2.04. The normalized spacial score (nSPS) is 31.2. The van der Waals surface area contributed by atoms with E-state index >= 15 is 0 Å². The predicted molar refractivity (Wildman–Crippen MR) is 75.6 cm³/mol. The number of nitrogens with two attached hydrogens (primary N) is 1. The summed E-state index contributed by atoms with van der Waals surface area (Å²) in [4.78, 5) is 2.60. The Morgan fingerprint density at radius 3 is 2.95 bits per heavy atom. The lowest BCUT2D eigenvalue weighted by atomic mass is 9.90. The Kier molecular flexibility index (Phi) is 5.20. The maximum atomic E-state index is 8.89. The Hall–Kier alpha value is -0.630. The van der Waals surface area contributed by atoms with E-state index in [1.165, 1.54) is 25.7 Å². The summed E-state index contributed by atoms with van der Waals surface area (Å²) in [6.07, 6.45) is 8.63. The number of nitriles is 1. The summed E-state index contributed by atoms with van der Waals surface area (Å²) in [5.74, 6) is 0. The molecule has 2 rings (SSSR count). The van der Waals surface area contributed by atoms with Crippen molar-refractivity contribution < 1.29 is 4.74 Å². The average molecular weight is 265 g/mol. The Labute approximate surface area is 116 Å². The van der Waals surface area contributed by atoms with Crippen LogP contribution >= 0.6 is 0 Å². The number of unbranched alkanes of at least 4 members (excludes halogenated alkanes) is 1. The van der Waals surface area contributed by atoms with Crippen LogP contribution in [0.2, 0.25) is 0 Å². The summed E-state index contributed by atoms with van der Waals surface area (Å²) < 4.78 is 5.89. The summed E-state index contributed by atoms with van der Waals surface area (Å²) in [7, 11) is 0. The Bertz CT molecular complexity index is 322. The molecule has 1 saturated carbocycles. The minimum atomic E-state index is -0.654. The highest BCUT2D eigenvalue weighted by molar-refractivity contribution is 5.00. The number of fused-ring (bicyclic) bond motifs is 1. The molecule has 1 aliphatic heterocycles. The number of rotatable bonds is 5. The SMILES string of the molecule is CC(N)(C#N)CCCCN1CCOC2CCCCC21. The first-order valence-electron chi connectivity index (χ1n) is 7.68. The first kappa shape index (κ1) is 14.8. The number of ether oxygens (including phenoxy) is 1. The van der Waals surface area contributed by atoms with Gasteiger partial charge in [-0.05, 0) is 45.6 Å². The van der Waals surface area contributed by atoms with E-state index in [0.717, 1.165) is 39.0 Å². The second-order valence-corrected chi connectivity index (χ2v) is 6.28. The molecule has 0 amide bonds. The van der Waals surface area contributed by atoms with Gasteiger partial charge in [-0.3, -0.25) is 4.90 Å². The second-order valence-electron chi connectivity index (χ2n) is 6.28. The second kappa shape index (κ2) is 6.69. The van der Waals surface area contributed by atoms with Gasteiger partial charge in [-0.15, -0.1) is 0 Å². The lowest BCUT2D eigenvalue weighted by Crippen LogP contribution is -2.52. The Balaban J connectivity index is 1.71. The van der Waals surface area contributed by atoms with Gasteiger partial charge in [0.15, 0.2) is 0 Å². The summed E-state index contributed by atoms with van der Waals surface area (Å²) in [5, 5.41) is 8.89. The molecule has 2 aliphatic rings. The van der Waals surface area contributed by atoms with E-state index in [0.29, 0.717) is 12.1 Å². The topological polar surface area (TPSA) is 62.3 Å². The van der Waals surface area contributed by atoms with Crippen LogP contribution in [0.15, 0.2) is 0 Å². The molecule has 1 heterocycles. The van der Waals surface area contributed by atoms with Crippen molar-refractivity contribution in [1.82, 2.24) is 4.90 Å². The highest BCUT2D eigenvalue weighted by Crippen LogP contribution is 2.28. The molecule has 2 N–H and O–H groups in total. The van der Waals surface area contributed by atoms with Crippen LogP contribution in [0.5, 0.6) is 0 Å². The van der Waals surface area contributed by atoms with Crippen molar-refractivity contribution >= 4 is 0 Å². The van der Waals surface area contributed by atoms with Crippen LogP contribution < -0.4 is 5.73 Å². The standard InChI is InChI=1S/C15H27N3O/c1-15(17,12-16)8-4-5-9-18-10-11-19-14-7-3-2-6-13(14)18/h13-14H,2-11,17H2,1H3. The largest absolute Gasteiger partial charge is 0.375 e. The lowest BCUT2D eigenvalue weighted by molar-refractivity contribution is -0.0882. The monoisotopic (exact) mass is 265 g/mol. The van der Waals surface area contributed by atoms with Crippen molar-refractivity contribution in [3.63, 3.8) is 0 Å². The van der Waals surface area contributed by atoms with Crippen molar-refractivity contribution in [2.45, 2.75) is 69.6 Å². The summed E-state index contributed by atoms with van der Waals surface area (Å²) in [5.41, 5.74) is 5.19. The fraction of sp³-hybridized carbons (Fsp3) is 0.933. The third-order valence-electron chi connectivity index (χ3n) is 4.49. The van der Waals surface area contributed by atoms with E-state index in [9.17, 15) is 0 Å². The van der Waals surface area contributed by atoms with Gasteiger partial charge < -0.3 is 10.5 Å². The van der Waals surface area contributed by atoms with Crippen molar-refractivity contribution in [3.8, 4) is 6.07 Å². The van der Waals surface area contributed by atoms with Crippen molar-refractivity contribution in [1.29, 1.82) is 5.26 Å². The maximum absolute atomic E-state index is 8.89. The van der Waals surface area contributed by atoms with Crippen LogP contribution in [-0.4, -0.2) is 42.3 Å². The minimum absolute atomic E-state index is 0.474. The average Bonchev–Trinajstić information content (AvgIpc) is 2.44. The van der Waals surface area contributed by atoms with Gasteiger partial charge in [-0.1, -0.05) is 12.8 Å². The molecule has 0 aromatic rings. The van der Waals surface area contributed by atoms with Gasteiger partial charge in [0.2, 0.25) is 0 Å². The molecule has 19 heavy (non-hydrogen) atoms. The molecule has 4 nitrogen and oxygen atoms in total. The summed E-state index contributed by atoms with van der Waals surface area (Å²) in [6.45, 7) is 4.90. The molecule has 2 fully saturated rings. The van der Waals surface area contributed by atoms with Crippen LogP contribution in [0.1, 0.15) is 51.9 Å². The van der Waals surface area contributed by atoms with Crippen LogP contribution in [0, 0.1) is 11.3 Å². The van der Waals surface area contributed by atoms with Gasteiger partial charge in [0.05, 0.1) is 18.8 Å². The molecular formula is C15H27N3O. The maximum Gasteiger partial charge on any atom is 0.101 e. The zero-order valence-electron chi connectivity index (χ0n) is 12.1. The first-order valence-corrected chi connectivity index (χ1v) is 7.68. The van der Waals surface area contributed by atoms with E-state index in [4.69, 9.17) is 15.7 Å². The van der Waals surface area contributed by atoms with E-state index < -0.39 is 5.54 Å². The zero-order valence-corrected chi connectivity index (χ0v) is 12.1. The molecule has 0 bridgehead atoms. The molecule has 0 radical (unpaired) electrons. The molecule has 0 aromatic carbocycles. The van der Waals surface area contributed by atoms with Crippen LogP contribution in [-0.2, 0) is 4.74 Å². The number of morpholine rings is 1. The van der Waals surface area contributed by atoms with Crippen LogP contribution in [0.3, 0.4) is 0 Å². The van der Waals surface area contributed by atoms with Gasteiger partial charge in [0, 0.05) is 12.6 Å². The third kappa shape index (κ3) is 4.17. The number of hydrogen-bond acceptors (Lipinski definition) is 4. The minimum Gasteiger partial charge on any atom is -0.375 e. The highest BCUT2D eigenvalue weighted by atomic mass is 16.5. The van der Waals surface area contributed by atoms with Gasteiger partial charge >= 0.3 is 0 Å². The fourth-order valence-corrected chi connectivity index (χ4v) is 3.32. The van der Waals surface area contributed by atoms with E-state index in [1.807, 2.05) is 6.92 Å². The Morgan fingerprint density at radius 2 is 2.16 bits per heavy atom. The Morgan fingerprint density at radius 1 is 1.37 bits per heavy atom.